The molecule has 2 aliphatic rings. The van der Waals surface area contributed by atoms with Crippen LogP contribution < -0.4 is 0 Å². The second-order valence-electron chi connectivity index (χ2n) is 9.59. The Balaban J connectivity index is 0.000000490. The van der Waals surface area contributed by atoms with Crippen LogP contribution in [0.15, 0.2) is 24.3 Å². The standard InChI is InChI=1S/C13H13.C12H24N.C2H6Si.2CH3.Ti/c1-9-5-12-7-10-3-2-4-11(10)8-13(12)6-9;13-12-10-8-6-4-2-1-3-5-7-9-11-12;1-3-2;;;/h5-8H,2-4H2,1H3;12-13H,1-11H2;1-2H3;2*1H3;/q2*-1;;2*-1;. The number of aryl methyl sites for hydroxylation is 3. The zero-order valence-corrected chi connectivity index (χ0v) is 24.3. The Hall–Kier alpha value is -0.279. The van der Waals surface area contributed by atoms with Gasteiger partial charge in [0.1, 0.15) is 0 Å². The summed E-state index contributed by atoms with van der Waals surface area (Å²) in [6.45, 7) is 6.71. The number of fused-ring (bicyclic) bond motifs is 2. The molecule has 1 fully saturated rings. The van der Waals surface area contributed by atoms with E-state index in [9.17, 15) is 0 Å². The first kappa shape index (κ1) is 31.7. The summed E-state index contributed by atoms with van der Waals surface area (Å²) in [5, 5.41) is 2.86. The maximum atomic E-state index is 7.80. The van der Waals surface area contributed by atoms with Crippen LogP contribution >= 0.6 is 0 Å². The van der Waals surface area contributed by atoms with E-state index in [0.717, 1.165) is 12.8 Å². The van der Waals surface area contributed by atoms with Crippen LogP contribution in [0.3, 0.4) is 0 Å². The Labute approximate surface area is 212 Å². The molecule has 32 heavy (non-hydrogen) atoms. The van der Waals surface area contributed by atoms with Gasteiger partial charge in [-0.2, -0.15) is 6.07 Å². The molecule has 0 amide bonds. The minimum Gasteiger partial charge on any atom is -0.675 e. The zero-order chi connectivity index (χ0) is 21.8. The summed E-state index contributed by atoms with van der Waals surface area (Å²) in [6, 6.07) is 9.58. The predicted molar refractivity (Wildman–Crippen MR) is 146 cm³/mol. The number of benzene rings is 1. The molecule has 0 bridgehead atoms. The van der Waals surface area contributed by atoms with Crippen molar-refractivity contribution in [3.8, 4) is 0 Å². The molecular formula is C29H49NSiTi-4. The van der Waals surface area contributed by atoms with Gasteiger partial charge in [-0.15, -0.1) is 40.6 Å². The molecule has 182 valence electrons. The summed E-state index contributed by atoms with van der Waals surface area (Å²) < 4.78 is 0. The summed E-state index contributed by atoms with van der Waals surface area (Å²) in [6.07, 6.45) is 18.8. The summed E-state index contributed by atoms with van der Waals surface area (Å²) in [7, 11) is 0. The van der Waals surface area contributed by atoms with Gasteiger partial charge in [0.2, 0.25) is 0 Å². The molecule has 0 spiro atoms. The van der Waals surface area contributed by atoms with Gasteiger partial charge < -0.3 is 20.6 Å². The van der Waals surface area contributed by atoms with Gasteiger partial charge in [0.05, 0.1) is 0 Å². The van der Waals surface area contributed by atoms with Gasteiger partial charge in [-0.25, -0.2) is 0 Å². The molecule has 0 aliphatic heterocycles. The fraction of sp³-hybridized carbons (Fsp3) is 0.621. The predicted octanol–water partition coefficient (Wildman–Crippen LogP) is 9.75. The van der Waals surface area contributed by atoms with Crippen molar-refractivity contribution >= 4 is 17.0 Å². The molecule has 1 nitrogen and oxygen atoms in total. The average molecular weight is 488 g/mol. The normalized spacial score (nSPS) is 17.0. The van der Waals surface area contributed by atoms with Crippen molar-refractivity contribution in [2.24, 2.45) is 0 Å². The molecule has 0 saturated heterocycles. The minimum absolute atomic E-state index is 0. The molecule has 0 aromatic heterocycles. The van der Waals surface area contributed by atoms with Gasteiger partial charge in [0, 0.05) is 0 Å². The zero-order valence-electron chi connectivity index (χ0n) is 21.8. The molecular weight excluding hydrogens is 438 g/mol. The maximum absolute atomic E-state index is 7.80. The van der Waals surface area contributed by atoms with Crippen molar-refractivity contribution in [2.75, 3.05) is 0 Å². The molecule has 2 aliphatic carbocycles. The van der Waals surface area contributed by atoms with E-state index in [-0.39, 0.29) is 27.1 Å². The number of rotatable bonds is 0. The monoisotopic (exact) mass is 487 g/mol. The largest absolute Gasteiger partial charge is 0.675 e. The maximum Gasteiger partial charge on any atom is -0.0289 e. The summed E-state index contributed by atoms with van der Waals surface area (Å²) in [5.74, 6) is 0. The number of nitrogens with one attached hydrogen (secondary N) is 1. The minimum atomic E-state index is 0. The topological polar surface area (TPSA) is 23.8 Å². The van der Waals surface area contributed by atoms with Crippen LogP contribution in [0.1, 0.15) is 93.7 Å². The Morgan fingerprint density at radius 3 is 1.72 bits per heavy atom. The van der Waals surface area contributed by atoms with Crippen LogP contribution in [-0.4, -0.2) is 12.2 Å². The van der Waals surface area contributed by atoms with Crippen molar-refractivity contribution in [1.29, 1.82) is 0 Å². The third kappa shape index (κ3) is 12.8. The summed E-state index contributed by atoms with van der Waals surface area (Å²) >= 11 is 2.27. The van der Waals surface area contributed by atoms with Gasteiger partial charge in [-0.05, 0) is 19.3 Å². The number of hydrogen-bond acceptors (Lipinski definition) is 0. The molecule has 1 N–H and O–H groups in total. The van der Waals surface area contributed by atoms with Crippen molar-refractivity contribution in [2.45, 2.75) is 116 Å². The smallest absolute Gasteiger partial charge is 0.0289 e. The van der Waals surface area contributed by atoms with Crippen molar-refractivity contribution in [1.82, 2.24) is 0 Å². The van der Waals surface area contributed by atoms with Crippen molar-refractivity contribution < 1.29 is 19.2 Å². The van der Waals surface area contributed by atoms with Crippen molar-refractivity contribution in [3.63, 3.8) is 0 Å². The first-order valence-electron chi connectivity index (χ1n) is 12.4. The second kappa shape index (κ2) is 18.1. The third-order valence-corrected chi connectivity index (χ3v) is 6.17. The van der Waals surface area contributed by atoms with E-state index in [1.807, 2.05) is 0 Å². The van der Waals surface area contributed by atoms with Gasteiger partial charge in [0.15, 0.2) is 0 Å². The molecule has 1 saturated carbocycles. The van der Waals surface area contributed by atoms with Gasteiger partial charge in [-0.3, -0.25) is 0 Å². The molecule has 3 heteroatoms. The van der Waals surface area contributed by atoms with E-state index >= 15 is 0 Å². The van der Waals surface area contributed by atoms with E-state index in [0.29, 0.717) is 0 Å². The molecule has 2 aromatic rings. The summed E-state index contributed by atoms with van der Waals surface area (Å²) in [4.78, 5) is 0. The third-order valence-electron chi connectivity index (χ3n) is 6.17. The SMILES string of the molecule is C[Si](C)=[Ti].Cc1cc2cc3c(cc2[cH-]1)CCC3.[CH3-].[CH3-].[NH-]C1CCCCCCCCCCC1. The summed E-state index contributed by atoms with van der Waals surface area (Å²) in [5.41, 5.74) is 12.4. The fourth-order valence-corrected chi connectivity index (χ4v) is 4.61. The van der Waals surface area contributed by atoms with Gasteiger partial charge in [-0.1, -0.05) is 88.7 Å². The molecule has 2 aromatic carbocycles. The Morgan fingerprint density at radius 1 is 0.781 bits per heavy atom. The Morgan fingerprint density at radius 2 is 1.22 bits per heavy atom. The molecule has 0 atom stereocenters. The van der Waals surface area contributed by atoms with E-state index in [1.165, 1.54) is 93.4 Å². The van der Waals surface area contributed by atoms with Gasteiger partial charge >= 0.3 is 38.5 Å². The first-order chi connectivity index (χ1) is 14.5. The van der Waals surface area contributed by atoms with E-state index in [2.05, 4.69) is 63.5 Å². The first-order valence-corrected chi connectivity index (χ1v) is 17.2. The van der Waals surface area contributed by atoms with E-state index < -0.39 is 0 Å². The molecule has 4 rings (SSSR count). The number of hydrogen-bond donors (Lipinski definition) is 0. The van der Waals surface area contributed by atoms with Crippen LogP contribution in [0.25, 0.3) is 16.5 Å². The van der Waals surface area contributed by atoms with E-state index in [4.69, 9.17) is 5.73 Å². The molecule has 0 unspecified atom stereocenters. The van der Waals surface area contributed by atoms with Gasteiger partial charge in [0.25, 0.3) is 0 Å². The average Bonchev–Trinajstić information content (AvgIpc) is 3.26. The Kier molecular flexibility index (Phi) is 17.9. The quantitative estimate of drug-likeness (QED) is 0.261. The van der Waals surface area contributed by atoms with Crippen molar-refractivity contribution in [3.05, 3.63) is 61.5 Å². The fourth-order valence-electron chi connectivity index (χ4n) is 4.61. The van der Waals surface area contributed by atoms with Crippen LogP contribution in [0.2, 0.25) is 13.1 Å². The van der Waals surface area contributed by atoms with Crippen LogP contribution in [0.5, 0.6) is 0 Å². The van der Waals surface area contributed by atoms with Crippen LogP contribution in [0.4, 0.5) is 0 Å². The molecule has 0 heterocycles. The van der Waals surface area contributed by atoms with Crippen LogP contribution in [0, 0.1) is 21.8 Å². The van der Waals surface area contributed by atoms with Crippen LogP contribution in [-0.2, 0) is 32.0 Å². The molecule has 0 radical (unpaired) electrons. The Bertz CT molecular complexity index is 707. The second-order valence-corrected chi connectivity index (χ2v) is 16.3. The van der Waals surface area contributed by atoms with E-state index in [1.54, 1.807) is 11.1 Å².